The van der Waals surface area contributed by atoms with Crippen LogP contribution in [0.4, 0.5) is 8.78 Å². The lowest BCUT2D eigenvalue weighted by Crippen LogP contribution is -2.45. The summed E-state index contributed by atoms with van der Waals surface area (Å²) >= 11 is 0. The maximum absolute atomic E-state index is 14.0. The van der Waals surface area contributed by atoms with Gasteiger partial charge in [0.2, 0.25) is 0 Å². The molecule has 0 saturated heterocycles. The number of carbonyl (C=O) groups is 1. The maximum Gasteiger partial charge on any atom is 0.257 e. The SMILES string of the molecule is COC(C)(C(=O)NC(C)c1ncccc1F)c1ccccc1F. The molecule has 0 saturated carbocycles. The molecule has 2 atom stereocenters. The van der Waals surface area contributed by atoms with Crippen molar-refractivity contribution in [3.63, 3.8) is 0 Å². The fraction of sp³-hybridized carbons (Fsp3) is 0.294. The Hall–Kier alpha value is -2.34. The molecule has 122 valence electrons. The van der Waals surface area contributed by atoms with Crippen molar-refractivity contribution in [1.29, 1.82) is 0 Å². The summed E-state index contributed by atoms with van der Waals surface area (Å²) in [7, 11) is 1.32. The van der Waals surface area contributed by atoms with Crippen LogP contribution in [0.3, 0.4) is 0 Å². The summed E-state index contributed by atoms with van der Waals surface area (Å²) in [5.74, 6) is -1.66. The fourth-order valence-corrected chi connectivity index (χ4v) is 2.29. The lowest BCUT2D eigenvalue weighted by atomic mass is 9.93. The van der Waals surface area contributed by atoms with Crippen molar-refractivity contribution >= 4 is 5.91 Å². The van der Waals surface area contributed by atoms with Crippen molar-refractivity contribution in [2.24, 2.45) is 0 Å². The molecule has 0 fully saturated rings. The van der Waals surface area contributed by atoms with Crippen LogP contribution in [0.25, 0.3) is 0 Å². The average molecular weight is 320 g/mol. The Morgan fingerprint density at radius 1 is 1.22 bits per heavy atom. The van der Waals surface area contributed by atoms with Gasteiger partial charge in [-0.25, -0.2) is 8.78 Å². The second-order valence-corrected chi connectivity index (χ2v) is 5.28. The molecule has 23 heavy (non-hydrogen) atoms. The van der Waals surface area contributed by atoms with E-state index >= 15 is 0 Å². The normalized spacial score (nSPS) is 14.8. The molecule has 0 aliphatic carbocycles. The molecule has 1 aromatic heterocycles. The smallest absolute Gasteiger partial charge is 0.257 e. The van der Waals surface area contributed by atoms with E-state index in [2.05, 4.69) is 10.3 Å². The first-order valence-corrected chi connectivity index (χ1v) is 7.11. The summed E-state index contributed by atoms with van der Waals surface area (Å²) in [6.45, 7) is 3.06. The van der Waals surface area contributed by atoms with Crippen LogP contribution in [-0.2, 0) is 15.1 Å². The van der Waals surface area contributed by atoms with Crippen molar-refractivity contribution in [2.45, 2.75) is 25.5 Å². The molecule has 4 nitrogen and oxygen atoms in total. The zero-order chi connectivity index (χ0) is 17.0. The van der Waals surface area contributed by atoms with Gasteiger partial charge in [-0.2, -0.15) is 0 Å². The lowest BCUT2D eigenvalue weighted by Gasteiger charge is -2.29. The Kier molecular flexibility index (Phi) is 5.05. The van der Waals surface area contributed by atoms with Crippen LogP contribution in [0.2, 0.25) is 0 Å². The number of ether oxygens (including phenoxy) is 1. The van der Waals surface area contributed by atoms with Gasteiger partial charge >= 0.3 is 0 Å². The second-order valence-electron chi connectivity index (χ2n) is 5.28. The van der Waals surface area contributed by atoms with E-state index in [4.69, 9.17) is 4.74 Å². The van der Waals surface area contributed by atoms with E-state index in [1.165, 1.54) is 50.6 Å². The minimum atomic E-state index is -1.54. The van der Waals surface area contributed by atoms with Gasteiger partial charge in [0.05, 0.1) is 11.7 Å². The summed E-state index contributed by atoms with van der Waals surface area (Å²) in [5, 5.41) is 2.62. The van der Waals surface area contributed by atoms with Crippen molar-refractivity contribution in [3.8, 4) is 0 Å². The molecular weight excluding hydrogens is 302 g/mol. The van der Waals surface area contributed by atoms with E-state index < -0.39 is 29.2 Å². The standard InChI is InChI=1S/C17H18F2N2O2/c1-11(15-14(19)9-6-10-20-15)21-16(22)17(2,23-3)12-7-4-5-8-13(12)18/h4-11H,1-3H3,(H,21,22). The highest BCUT2D eigenvalue weighted by molar-refractivity contribution is 5.86. The highest BCUT2D eigenvalue weighted by Gasteiger charge is 2.38. The fourth-order valence-electron chi connectivity index (χ4n) is 2.29. The van der Waals surface area contributed by atoms with E-state index in [-0.39, 0.29) is 11.3 Å². The molecule has 1 aromatic carbocycles. The monoisotopic (exact) mass is 320 g/mol. The van der Waals surface area contributed by atoms with Crippen molar-refractivity contribution < 1.29 is 18.3 Å². The lowest BCUT2D eigenvalue weighted by molar-refractivity contribution is -0.143. The van der Waals surface area contributed by atoms with Gasteiger partial charge < -0.3 is 10.1 Å². The molecule has 2 unspecified atom stereocenters. The number of aromatic nitrogens is 1. The molecule has 0 bridgehead atoms. The van der Waals surface area contributed by atoms with Gasteiger partial charge in [-0.1, -0.05) is 18.2 Å². The van der Waals surface area contributed by atoms with Gasteiger partial charge in [-0.15, -0.1) is 0 Å². The zero-order valence-electron chi connectivity index (χ0n) is 13.1. The van der Waals surface area contributed by atoms with E-state index in [1.807, 2.05) is 0 Å². The number of halogens is 2. The van der Waals surface area contributed by atoms with Crippen molar-refractivity contribution in [2.75, 3.05) is 7.11 Å². The Morgan fingerprint density at radius 3 is 2.48 bits per heavy atom. The van der Waals surface area contributed by atoms with E-state index in [9.17, 15) is 13.6 Å². The van der Waals surface area contributed by atoms with Crippen LogP contribution < -0.4 is 5.32 Å². The molecule has 0 aliphatic rings. The molecule has 1 N–H and O–H groups in total. The van der Waals surface area contributed by atoms with Gasteiger partial charge in [0.25, 0.3) is 5.91 Å². The summed E-state index contributed by atoms with van der Waals surface area (Å²) in [5.41, 5.74) is -1.33. The molecule has 6 heteroatoms. The minimum absolute atomic E-state index is 0.104. The summed E-state index contributed by atoms with van der Waals surface area (Å²) in [4.78, 5) is 16.5. The predicted molar refractivity (Wildman–Crippen MR) is 81.5 cm³/mol. The molecule has 0 radical (unpaired) electrons. The Labute approximate surface area is 133 Å². The predicted octanol–water partition coefficient (Wildman–Crippen LogP) is 3.10. The molecule has 2 rings (SSSR count). The first kappa shape index (κ1) is 17.0. The van der Waals surface area contributed by atoms with Crippen molar-refractivity contribution in [1.82, 2.24) is 10.3 Å². The number of methoxy groups -OCH3 is 1. The second kappa shape index (κ2) is 6.83. The molecule has 1 heterocycles. The first-order valence-electron chi connectivity index (χ1n) is 7.11. The zero-order valence-corrected chi connectivity index (χ0v) is 13.1. The Bertz CT molecular complexity index is 708. The van der Waals surface area contributed by atoms with Crippen LogP contribution in [0.5, 0.6) is 0 Å². The Morgan fingerprint density at radius 2 is 1.87 bits per heavy atom. The third-order valence-electron chi connectivity index (χ3n) is 3.77. The Balaban J connectivity index is 2.27. The van der Waals surface area contributed by atoms with Gasteiger partial charge in [0.15, 0.2) is 5.60 Å². The van der Waals surface area contributed by atoms with E-state index in [0.717, 1.165) is 0 Å². The third kappa shape index (κ3) is 3.37. The van der Waals surface area contributed by atoms with Crippen molar-refractivity contribution in [3.05, 3.63) is 65.5 Å². The minimum Gasteiger partial charge on any atom is -0.364 e. The number of hydrogen-bond donors (Lipinski definition) is 1. The number of nitrogens with one attached hydrogen (secondary N) is 1. The molecule has 2 aromatic rings. The van der Waals surface area contributed by atoms with E-state index in [1.54, 1.807) is 13.0 Å². The molecular formula is C17H18F2N2O2. The van der Waals surface area contributed by atoms with E-state index in [0.29, 0.717) is 0 Å². The van der Waals surface area contributed by atoms with Gasteiger partial charge in [-0.3, -0.25) is 9.78 Å². The maximum atomic E-state index is 14.0. The summed E-state index contributed by atoms with van der Waals surface area (Å²) < 4.78 is 33.0. The molecule has 0 spiro atoms. The van der Waals surface area contributed by atoms with Crippen LogP contribution in [0.1, 0.15) is 31.1 Å². The quantitative estimate of drug-likeness (QED) is 0.921. The molecule has 0 aliphatic heterocycles. The summed E-state index contributed by atoms with van der Waals surface area (Å²) in [6.07, 6.45) is 1.44. The number of hydrogen-bond acceptors (Lipinski definition) is 3. The highest BCUT2D eigenvalue weighted by Crippen LogP contribution is 2.28. The number of benzene rings is 1. The first-order chi connectivity index (χ1) is 10.9. The van der Waals surface area contributed by atoms with Gasteiger partial charge in [0.1, 0.15) is 11.6 Å². The average Bonchev–Trinajstić information content (AvgIpc) is 2.54. The number of nitrogens with zero attached hydrogens (tertiary/aromatic N) is 1. The largest absolute Gasteiger partial charge is 0.364 e. The van der Waals surface area contributed by atoms with Gasteiger partial charge in [-0.05, 0) is 32.0 Å². The van der Waals surface area contributed by atoms with Crippen LogP contribution in [0.15, 0.2) is 42.6 Å². The number of carbonyl (C=O) groups excluding carboxylic acids is 1. The summed E-state index contributed by atoms with van der Waals surface area (Å²) in [6, 6.07) is 7.91. The van der Waals surface area contributed by atoms with Crippen LogP contribution >= 0.6 is 0 Å². The molecule has 1 amide bonds. The number of pyridine rings is 1. The topological polar surface area (TPSA) is 51.2 Å². The van der Waals surface area contributed by atoms with Gasteiger partial charge in [0, 0.05) is 18.9 Å². The number of rotatable bonds is 5. The highest BCUT2D eigenvalue weighted by atomic mass is 19.1. The van der Waals surface area contributed by atoms with Crippen LogP contribution in [-0.4, -0.2) is 18.0 Å². The third-order valence-corrected chi connectivity index (χ3v) is 3.77. The van der Waals surface area contributed by atoms with Crippen LogP contribution in [0, 0.1) is 11.6 Å². The number of amides is 1.